The minimum Gasteiger partial charge on any atom is -0.497 e. The molecule has 0 atom stereocenters. The van der Waals surface area contributed by atoms with Crippen LogP contribution < -0.4 is 10.1 Å². The van der Waals surface area contributed by atoms with Crippen molar-refractivity contribution in [3.63, 3.8) is 0 Å². The van der Waals surface area contributed by atoms with E-state index in [-0.39, 0.29) is 5.91 Å². The maximum Gasteiger partial charge on any atom is 0.256 e. The fourth-order valence-electron chi connectivity index (χ4n) is 2.07. The molecule has 2 N–H and O–H groups in total. The number of aromatic nitrogens is 2. The molecule has 3 rings (SSSR count). The zero-order valence-electron chi connectivity index (χ0n) is 11.2. The highest BCUT2D eigenvalue weighted by Crippen LogP contribution is 2.25. The largest absolute Gasteiger partial charge is 0.497 e. The first-order chi connectivity index (χ1) is 10.2. The SMILES string of the molecule is COc1ccc(Br)c(C(=O)Nc2cccc3[nH]ncc23)c1. The molecule has 0 fully saturated rings. The summed E-state index contributed by atoms with van der Waals surface area (Å²) < 4.78 is 5.86. The number of carbonyl (C=O) groups excluding carboxylic acids is 1. The third-order valence-electron chi connectivity index (χ3n) is 3.15. The van der Waals surface area contributed by atoms with E-state index in [2.05, 4.69) is 31.4 Å². The van der Waals surface area contributed by atoms with Crippen LogP contribution in [0.3, 0.4) is 0 Å². The van der Waals surface area contributed by atoms with Gasteiger partial charge in [-0.3, -0.25) is 9.89 Å². The van der Waals surface area contributed by atoms with E-state index in [9.17, 15) is 4.79 Å². The summed E-state index contributed by atoms with van der Waals surface area (Å²) in [6.45, 7) is 0. The van der Waals surface area contributed by atoms with Crippen LogP contribution in [-0.2, 0) is 0 Å². The Bertz CT molecular complexity index is 814. The Morgan fingerprint density at radius 1 is 1.33 bits per heavy atom. The van der Waals surface area contributed by atoms with Crippen LogP contribution in [0.5, 0.6) is 5.75 Å². The minimum absolute atomic E-state index is 0.213. The van der Waals surface area contributed by atoms with Crippen LogP contribution in [0.1, 0.15) is 10.4 Å². The van der Waals surface area contributed by atoms with E-state index in [1.807, 2.05) is 18.2 Å². The van der Waals surface area contributed by atoms with Crippen molar-refractivity contribution in [2.24, 2.45) is 0 Å². The third-order valence-corrected chi connectivity index (χ3v) is 3.84. The monoisotopic (exact) mass is 345 g/mol. The van der Waals surface area contributed by atoms with E-state index in [0.29, 0.717) is 21.5 Å². The minimum atomic E-state index is -0.213. The molecular weight excluding hydrogens is 334 g/mol. The molecule has 0 radical (unpaired) electrons. The van der Waals surface area contributed by atoms with Gasteiger partial charge in [-0.05, 0) is 46.3 Å². The number of hydrogen-bond acceptors (Lipinski definition) is 3. The Balaban J connectivity index is 1.95. The molecule has 1 amide bonds. The summed E-state index contributed by atoms with van der Waals surface area (Å²) in [4.78, 5) is 12.4. The number of anilines is 1. The van der Waals surface area contributed by atoms with Crippen molar-refractivity contribution in [3.8, 4) is 5.75 Å². The first-order valence-electron chi connectivity index (χ1n) is 6.26. The Labute approximate surface area is 129 Å². The van der Waals surface area contributed by atoms with Gasteiger partial charge in [0.1, 0.15) is 5.75 Å². The van der Waals surface area contributed by atoms with E-state index >= 15 is 0 Å². The molecule has 3 aromatic rings. The quantitative estimate of drug-likeness (QED) is 0.762. The highest BCUT2D eigenvalue weighted by molar-refractivity contribution is 9.10. The van der Waals surface area contributed by atoms with Crippen molar-refractivity contribution in [1.82, 2.24) is 10.2 Å². The Hall–Kier alpha value is -2.34. The summed E-state index contributed by atoms with van der Waals surface area (Å²) in [5.41, 5.74) is 2.09. The van der Waals surface area contributed by atoms with Gasteiger partial charge in [-0.25, -0.2) is 0 Å². The van der Waals surface area contributed by atoms with Gasteiger partial charge in [-0.1, -0.05) is 6.07 Å². The van der Waals surface area contributed by atoms with Crippen molar-refractivity contribution < 1.29 is 9.53 Å². The highest BCUT2D eigenvalue weighted by atomic mass is 79.9. The first kappa shape index (κ1) is 13.6. The average molecular weight is 346 g/mol. The molecule has 0 aliphatic heterocycles. The number of benzene rings is 2. The number of carbonyl (C=O) groups is 1. The number of hydrogen-bond donors (Lipinski definition) is 2. The van der Waals surface area contributed by atoms with Gasteiger partial charge in [0.25, 0.3) is 5.91 Å². The van der Waals surface area contributed by atoms with Crippen LogP contribution in [0.4, 0.5) is 5.69 Å². The Kier molecular flexibility index (Phi) is 3.62. The topological polar surface area (TPSA) is 67.0 Å². The smallest absolute Gasteiger partial charge is 0.256 e. The van der Waals surface area contributed by atoms with Crippen LogP contribution in [0.25, 0.3) is 10.9 Å². The molecule has 1 heterocycles. The molecule has 0 saturated heterocycles. The van der Waals surface area contributed by atoms with E-state index in [4.69, 9.17) is 4.74 Å². The summed E-state index contributed by atoms with van der Waals surface area (Å²) in [5, 5.41) is 10.6. The number of aromatic amines is 1. The van der Waals surface area contributed by atoms with Gasteiger partial charge in [0.2, 0.25) is 0 Å². The number of ether oxygens (including phenoxy) is 1. The Morgan fingerprint density at radius 3 is 3.00 bits per heavy atom. The molecule has 0 saturated carbocycles. The van der Waals surface area contributed by atoms with Gasteiger partial charge < -0.3 is 10.1 Å². The zero-order valence-corrected chi connectivity index (χ0v) is 12.8. The van der Waals surface area contributed by atoms with Gasteiger partial charge in [0, 0.05) is 9.86 Å². The number of nitrogens with zero attached hydrogens (tertiary/aromatic N) is 1. The first-order valence-corrected chi connectivity index (χ1v) is 7.05. The molecule has 2 aromatic carbocycles. The van der Waals surface area contributed by atoms with E-state index in [1.165, 1.54) is 0 Å². The molecule has 1 aromatic heterocycles. The maximum atomic E-state index is 12.4. The maximum absolute atomic E-state index is 12.4. The fraction of sp³-hybridized carbons (Fsp3) is 0.0667. The summed E-state index contributed by atoms with van der Waals surface area (Å²) in [5.74, 6) is 0.416. The van der Waals surface area contributed by atoms with Gasteiger partial charge >= 0.3 is 0 Å². The van der Waals surface area contributed by atoms with Crippen LogP contribution >= 0.6 is 15.9 Å². The highest BCUT2D eigenvalue weighted by Gasteiger charge is 2.13. The third kappa shape index (κ3) is 2.62. The molecule has 5 nitrogen and oxygen atoms in total. The predicted molar refractivity (Wildman–Crippen MR) is 84.7 cm³/mol. The van der Waals surface area contributed by atoms with Crippen molar-refractivity contribution >= 4 is 38.4 Å². The lowest BCUT2D eigenvalue weighted by atomic mass is 10.1. The number of methoxy groups -OCH3 is 1. The van der Waals surface area contributed by atoms with Crippen LogP contribution in [0, 0.1) is 0 Å². The normalized spacial score (nSPS) is 10.6. The molecule has 0 spiro atoms. The van der Waals surface area contributed by atoms with Crippen molar-refractivity contribution in [2.75, 3.05) is 12.4 Å². The fourth-order valence-corrected chi connectivity index (χ4v) is 2.50. The average Bonchev–Trinajstić information content (AvgIpc) is 2.97. The lowest BCUT2D eigenvalue weighted by Gasteiger charge is -2.09. The standard InChI is InChI=1S/C15H12BrN3O2/c1-21-9-5-6-12(16)10(7-9)15(20)18-13-3-2-4-14-11(13)8-17-19-14/h2-8H,1H3,(H,17,19)(H,18,20). The second-order valence-corrected chi connectivity index (χ2v) is 5.29. The summed E-state index contributed by atoms with van der Waals surface area (Å²) in [6, 6.07) is 10.9. The zero-order chi connectivity index (χ0) is 14.8. The van der Waals surface area contributed by atoms with Crippen LogP contribution in [0.2, 0.25) is 0 Å². The van der Waals surface area contributed by atoms with Crippen molar-refractivity contribution in [1.29, 1.82) is 0 Å². The number of amides is 1. The summed E-state index contributed by atoms with van der Waals surface area (Å²) in [7, 11) is 1.57. The van der Waals surface area contributed by atoms with Crippen molar-refractivity contribution in [3.05, 3.63) is 52.6 Å². The number of fused-ring (bicyclic) bond motifs is 1. The van der Waals surface area contributed by atoms with Gasteiger partial charge in [-0.2, -0.15) is 5.10 Å². The van der Waals surface area contributed by atoms with Gasteiger partial charge in [0.05, 0.1) is 30.1 Å². The van der Waals surface area contributed by atoms with Crippen LogP contribution in [-0.4, -0.2) is 23.2 Å². The Morgan fingerprint density at radius 2 is 2.19 bits per heavy atom. The van der Waals surface area contributed by atoms with Crippen molar-refractivity contribution in [2.45, 2.75) is 0 Å². The second kappa shape index (κ2) is 5.57. The van der Waals surface area contributed by atoms with Crippen LogP contribution in [0.15, 0.2) is 47.1 Å². The molecule has 21 heavy (non-hydrogen) atoms. The molecule has 0 bridgehead atoms. The second-order valence-electron chi connectivity index (χ2n) is 4.44. The lowest BCUT2D eigenvalue weighted by Crippen LogP contribution is -2.12. The van der Waals surface area contributed by atoms with E-state index in [1.54, 1.807) is 31.5 Å². The number of rotatable bonds is 3. The summed E-state index contributed by atoms with van der Waals surface area (Å²) >= 11 is 3.38. The molecule has 0 aliphatic rings. The van der Waals surface area contributed by atoms with E-state index < -0.39 is 0 Å². The number of halogens is 1. The number of nitrogens with one attached hydrogen (secondary N) is 2. The molecule has 0 unspecified atom stereocenters. The number of H-pyrrole nitrogens is 1. The van der Waals surface area contributed by atoms with E-state index in [0.717, 1.165) is 10.9 Å². The molecular formula is C15H12BrN3O2. The lowest BCUT2D eigenvalue weighted by molar-refractivity contribution is 0.102. The summed E-state index contributed by atoms with van der Waals surface area (Å²) in [6.07, 6.45) is 1.69. The molecule has 6 heteroatoms. The van der Waals surface area contributed by atoms with Gasteiger partial charge in [0.15, 0.2) is 0 Å². The van der Waals surface area contributed by atoms with Gasteiger partial charge in [-0.15, -0.1) is 0 Å². The predicted octanol–water partition coefficient (Wildman–Crippen LogP) is 3.59. The molecule has 106 valence electrons. The molecule has 0 aliphatic carbocycles.